The van der Waals surface area contributed by atoms with Crippen LogP contribution in [0.15, 0.2) is 71.6 Å². The molecular weight excluding hydrogens is 657 g/mol. The van der Waals surface area contributed by atoms with Gasteiger partial charge in [0.2, 0.25) is 0 Å². The van der Waals surface area contributed by atoms with Crippen LogP contribution in [-0.4, -0.2) is 64.2 Å². The lowest BCUT2D eigenvalue weighted by atomic mass is 10.1. The van der Waals surface area contributed by atoms with Gasteiger partial charge in [-0.15, -0.1) is 23.1 Å². The maximum Gasteiger partial charge on any atom is 0.416 e. The quantitative estimate of drug-likeness (QED) is 0.130. The van der Waals surface area contributed by atoms with Crippen molar-refractivity contribution in [2.24, 2.45) is 0 Å². The molecule has 0 saturated carbocycles. The minimum Gasteiger partial charge on any atom is -0.479 e. The molecule has 0 spiro atoms. The van der Waals surface area contributed by atoms with E-state index in [0.29, 0.717) is 60.5 Å². The highest BCUT2D eigenvalue weighted by molar-refractivity contribution is 7.98. The van der Waals surface area contributed by atoms with E-state index in [-0.39, 0.29) is 11.8 Å². The number of carbonyl (C=O) groups is 2. The number of nitrogens with zero attached hydrogens (tertiary/aromatic N) is 3. The highest BCUT2D eigenvalue weighted by Crippen LogP contribution is 2.36. The number of urea groups is 1. The van der Waals surface area contributed by atoms with Gasteiger partial charge in [0, 0.05) is 59.5 Å². The Labute approximate surface area is 277 Å². The average Bonchev–Trinajstić information content (AvgIpc) is 3.44. The monoisotopic (exact) mass is 688 g/mol. The lowest BCUT2D eigenvalue weighted by Crippen LogP contribution is -2.49. The molecule has 47 heavy (non-hydrogen) atoms. The molecule has 2 amide bonds. The van der Waals surface area contributed by atoms with Gasteiger partial charge in [-0.2, -0.15) is 13.2 Å². The summed E-state index contributed by atoms with van der Waals surface area (Å²) in [6.07, 6.45) is -5.42. The summed E-state index contributed by atoms with van der Waals surface area (Å²) in [6, 6.07) is 15.8. The molecule has 0 aliphatic carbocycles. The van der Waals surface area contributed by atoms with Crippen molar-refractivity contribution in [3.8, 4) is 16.3 Å². The Morgan fingerprint density at radius 2 is 1.72 bits per heavy atom. The summed E-state index contributed by atoms with van der Waals surface area (Å²) < 4.78 is 58.2. The molecule has 1 aromatic heterocycles. The summed E-state index contributed by atoms with van der Waals surface area (Å²) in [5.74, 6) is -0.404. The molecule has 1 saturated heterocycles. The number of thioether (sulfide) groups is 1. The smallest absolute Gasteiger partial charge is 0.416 e. The van der Waals surface area contributed by atoms with E-state index in [4.69, 9.17) is 14.8 Å². The van der Waals surface area contributed by atoms with Gasteiger partial charge in [-0.25, -0.2) is 19.0 Å². The minimum absolute atomic E-state index is 0.268. The zero-order valence-electron chi connectivity index (χ0n) is 25.5. The maximum atomic E-state index is 13.2. The van der Waals surface area contributed by atoms with Crippen LogP contribution in [0.2, 0.25) is 0 Å². The number of carboxylic acid groups (broad SMARTS) is 1. The van der Waals surface area contributed by atoms with Crippen LogP contribution in [0.25, 0.3) is 10.6 Å². The van der Waals surface area contributed by atoms with Crippen molar-refractivity contribution in [2.45, 2.75) is 43.3 Å². The van der Waals surface area contributed by atoms with Crippen LogP contribution in [0.5, 0.6) is 5.75 Å². The number of halogens is 4. The molecule has 248 valence electrons. The standard InChI is InChI=1S/C33H32F4N4O4S2/c1-20-17-26(11-12-28(20)45-21(2)31(42)43)46-19-29-27(39-30(47-29)22-3-5-23(6-4-22)33(35,36)37)18-40-13-15-41(16-14-40)32(44)38-25-9-7-24(34)8-10-25/h3-12,17,21H,13-16,18-19H2,1-2H3,(H,38,44)(H,42,43). The van der Waals surface area contributed by atoms with E-state index in [2.05, 4.69) is 10.2 Å². The number of hydrogen-bond donors (Lipinski definition) is 2. The van der Waals surface area contributed by atoms with Gasteiger partial charge in [0.05, 0.1) is 11.3 Å². The van der Waals surface area contributed by atoms with Crippen molar-refractivity contribution in [3.05, 3.63) is 94.2 Å². The Balaban J connectivity index is 1.28. The predicted octanol–water partition coefficient (Wildman–Crippen LogP) is 7.77. The molecule has 1 atom stereocenters. The number of aryl methyl sites for hydroxylation is 1. The SMILES string of the molecule is Cc1cc(SCc2sc(-c3ccc(C(F)(F)F)cc3)nc2CN2CCN(C(=O)Nc3ccc(F)cc3)CC2)ccc1OC(C)C(=O)O. The number of benzene rings is 3. The third kappa shape index (κ3) is 9.02. The largest absolute Gasteiger partial charge is 0.479 e. The third-order valence-electron chi connectivity index (χ3n) is 7.53. The number of aromatic nitrogens is 1. The third-order valence-corrected chi connectivity index (χ3v) is 9.88. The Morgan fingerprint density at radius 3 is 2.34 bits per heavy atom. The molecule has 8 nitrogen and oxygen atoms in total. The lowest BCUT2D eigenvalue weighted by Gasteiger charge is -2.34. The average molecular weight is 689 g/mol. The summed E-state index contributed by atoms with van der Waals surface area (Å²) in [5, 5.41) is 12.6. The minimum atomic E-state index is -4.43. The van der Waals surface area contributed by atoms with E-state index < -0.39 is 23.8 Å². The predicted molar refractivity (Wildman–Crippen MR) is 173 cm³/mol. The van der Waals surface area contributed by atoms with Crippen molar-refractivity contribution in [1.29, 1.82) is 0 Å². The van der Waals surface area contributed by atoms with Crippen LogP contribution >= 0.6 is 23.1 Å². The molecule has 3 aromatic carbocycles. The number of carbonyl (C=O) groups excluding carboxylic acids is 1. The normalized spacial score (nSPS) is 14.6. The van der Waals surface area contributed by atoms with E-state index in [1.165, 1.54) is 54.7 Å². The lowest BCUT2D eigenvalue weighted by molar-refractivity contribution is -0.144. The molecular formula is C33H32F4N4O4S2. The van der Waals surface area contributed by atoms with Crippen LogP contribution < -0.4 is 10.1 Å². The van der Waals surface area contributed by atoms with Crippen molar-refractivity contribution in [2.75, 3.05) is 31.5 Å². The van der Waals surface area contributed by atoms with Crippen molar-refractivity contribution in [1.82, 2.24) is 14.8 Å². The fourth-order valence-corrected chi connectivity index (χ4v) is 7.01. The molecule has 1 unspecified atom stereocenters. The van der Waals surface area contributed by atoms with Crippen LogP contribution in [-0.2, 0) is 23.3 Å². The zero-order chi connectivity index (χ0) is 33.7. The number of carboxylic acids is 1. The molecule has 14 heteroatoms. The fourth-order valence-electron chi connectivity index (χ4n) is 4.84. The van der Waals surface area contributed by atoms with Crippen molar-refractivity contribution >= 4 is 40.8 Å². The van der Waals surface area contributed by atoms with Crippen LogP contribution in [0.3, 0.4) is 0 Å². The van der Waals surface area contributed by atoms with Gasteiger partial charge in [0.15, 0.2) is 6.10 Å². The summed E-state index contributed by atoms with van der Waals surface area (Å²) in [7, 11) is 0. The van der Waals surface area contributed by atoms with Gasteiger partial charge in [-0.3, -0.25) is 4.90 Å². The van der Waals surface area contributed by atoms with Gasteiger partial charge >= 0.3 is 18.2 Å². The number of thiazole rings is 1. The number of hydrogen-bond acceptors (Lipinski definition) is 7. The van der Waals surface area contributed by atoms with E-state index in [1.807, 2.05) is 19.1 Å². The Kier molecular flexibility index (Phi) is 10.7. The number of anilines is 1. The summed E-state index contributed by atoms with van der Waals surface area (Å²) in [6.45, 7) is 5.93. The molecule has 2 heterocycles. The number of amides is 2. The Bertz CT molecular complexity index is 1710. The second-order valence-electron chi connectivity index (χ2n) is 11.0. The Morgan fingerprint density at radius 1 is 1.04 bits per heavy atom. The van der Waals surface area contributed by atoms with Gasteiger partial charge in [-0.05, 0) is 74.0 Å². The molecule has 2 N–H and O–H groups in total. The first-order chi connectivity index (χ1) is 22.4. The first-order valence-electron chi connectivity index (χ1n) is 14.7. The van der Waals surface area contributed by atoms with Crippen LogP contribution in [0.1, 0.15) is 28.6 Å². The second-order valence-corrected chi connectivity index (χ2v) is 13.1. The zero-order valence-corrected chi connectivity index (χ0v) is 27.1. The van der Waals surface area contributed by atoms with Gasteiger partial charge in [-0.1, -0.05) is 12.1 Å². The highest BCUT2D eigenvalue weighted by atomic mass is 32.2. The number of rotatable bonds is 10. The molecule has 1 aliphatic rings. The molecule has 0 bridgehead atoms. The molecule has 1 fully saturated rings. The van der Waals surface area contributed by atoms with E-state index in [1.54, 1.807) is 22.7 Å². The van der Waals surface area contributed by atoms with E-state index >= 15 is 0 Å². The fraction of sp³-hybridized carbons (Fsp3) is 0.303. The summed E-state index contributed by atoms with van der Waals surface area (Å²) >= 11 is 2.99. The number of aliphatic carboxylic acids is 1. The Hall–Kier alpha value is -4.14. The molecule has 4 aromatic rings. The number of alkyl halides is 3. The van der Waals surface area contributed by atoms with Crippen LogP contribution in [0.4, 0.5) is 28.0 Å². The van der Waals surface area contributed by atoms with E-state index in [9.17, 15) is 27.2 Å². The highest BCUT2D eigenvalue weighted by Gasteiger charge is 2.30. The van der Waals surface area contributed by atoms with Gasteiger partial charge in [0.25, 0.3) is 0 Å². The summed E-state index contributed by atoms with van der Waals surface area (Å²) in [4.78, 5) is 34.6. The van der Waals surface area contributed by atoms with Gasteiger partial charge in [0.1, 0.15) is 16.6 Å². The number of piperazine rings is 1. The second kappa shape index (κ2) is 14.7. The first-order valence-corrected chi connectivity index (χ1v) is 16.5. The first kappa shape index (κ1) is 34.2. The van der Waals surface area contributed by atoms with E-state index in [0.717, 1.165) is 33.2 Å². The maximum absolute atomic E-state index is 13.2. The topological polar surface area (TPSA) is 95.0 Å². The summed E-state index contributed by atoms with van der Waals surface area (Å²) in [5.41, 5.74) is 1.97. The van der Waals surface area contributed by atoms with Crippen molar-refractivity contribution < 1.29 is 37.0 Å². The number of nitrogens with one attached hydrogen (secondary N) is 1. The van der Waals surface area contributed by atoms with Crippen molar-refractivity contribution in [3.63, 3.8) is 0 Å². The molecule has 1 aliphatic heterocycles. The molecule has 0 radical (unpaired) electrons. The molecule has 5 rings (SSSR count). The van der Waals surface area contributed by atoms with Crippen LogP contribution in [0, 0.1) is 12.7 Å². The van der Waals surface area contributed by atoms with Gasteiger partial charge < -0.3 is 20.1 Å². The number of ether oxygens (including phenoxy) is 1.